The van der Waals surface area contributed by atoms with Crippen molar-refractivity contribution in [3.05, 3.63) is 144 Å². The predicted octanol–water partition coefficient (Wildman–Crippen LogP) is 5.49. The fraction of sp³-hybridized carbons (Fsp3) is 0.275. The molecule has 0 radical (unpaired) electrons. The number of hydrogen-bond acceptors (Lipinski definition) is 10. The van der Waals surface area contributed by atoms with Gasteiger partial charge in [0.2, 0.25) is 17.8 Å². The van der Waals surface area contributed by atoms with E-state index < -0.39 is 12.0 Å². The van der Waals surface area contributed by atoms with Gasteiger partial charge >= 0.3 is 5.97 Å². The Bertz CT molecular complexity index is 1740. The molecule has 52 heavy (non-hydrogen) atoms. The molecule has 12 nitrogen and oxygen atoms in total. The number of aliphatic carboxylic acids is 1. The van der Waals surface area contributed by atoms with Gasteiger partial charge in [-0.3, -0.25) is 4.79 Å². The number of carboxylic acid groups (broad SMARTS) is 1. The van der Waals surface area contributed by atoms with Crippen LogP contribution in [0.1, 0.15) is 39.4 Å². The number of rotatable bonds is 22. The average Bonchev–Trinajstić information content (AvgIpc) is 3.18. The summed E-state index contributed by atoms with van der Waals surface area (Å²) in [6.07, 6.45) is 1.02. The van der Waals surface area contributed by atoms with Gasteiger partial charge in [-0.1, -0.05) is 109 Å². The van der Waals surface area contributed by atoms with Crippen molar-refractivity contribution >= 4 is 29.7 Å². The molecule has 0 spiro atoms. The molecule has 0 bridgehead atoms. The van der Waals surface area contributed by atoms with Crippen molar-refractivity contribution in [1.29, 1.82) is 0 Å². The maximum Gasteiger partial charge on any atom is 0.326 e. The molecular weight excluding hydrogens is 658 g/mol. The molecule has 0 fully saturated rings. The Hall–Kier alpha value is -5.85. The highest BCUT2D eigenvalue weighted by Gasteiger charge is 2.20. The van der Waals surface area contributed by atoms with E-state index in [4.69, 9.17) is 9.47 Å². The lowest BCUT2D eigenvalue weighted by Crippen LogP contribution is -2.32. The molecule has 5 N–H and O–H groups in total. The Labute approximate surface area is 304 Å². The normalized spacial score (nSPS) is 11.5. The molecule has 5 rings (SSSR count). The Morgan fingerprint density at radius 1 is 0.596 bits per heavy atom. The molecule has 0 unspecified atom stereocenters. The zero-order chi connectivity index (χ0) is 36.2. The van der Waals surface area contributed by atoms with Crippen molar-refractivity contribution in [3.8, 4) is 0 Å². The number of amides is 1. The molecule has 1 aromatic heterocycles. The molecule has 0 aliphatic rings. The fourth-order valence-corrected chi connectivity index (χ4v) is 5.51. The summed E-state index contributed by atoms with van der Waals surface area (Å²) < 4.78 is 11.3. The van der Waals surface area contributed by atoms with Gasteiger partial charge in [0, 0.05) is 37.5 Å². The first kappa shape index (κ1) is 37.4. The van der Waals surface area contributed by atoms with Crippen LogP contribution in [-0.2, 0) is 20.7 Å². The molecular formula is C40H45N7O5. The second-order valence-electron chi connectivity index (χ2n) is 11.9. The number of carbonyl (C=O) groups is 2. The Kier molecular flexibility index (Phi) is 14.9. The van der Waals surface area contributed by atoms with Gasteiger partial charge in [0.05, 0.1) is 26.4 Å². The first-order valence-corrected chi connectivity index (χ1v) is 17.4. The third-order valence-electron chi connectivity index (χ3n) is 8.11. The van der Waals surface area contributed by atoms with E-state index >= 15 is 0 Å². The molecule has 0 saturated carbocycles. The van der Waals surface area contributed by atoms with Crippen molar-refractivity contribution < 1.29 is 24.2 Å². The molecule has 1 amide bonds. The lowest BCUT2D eigenvalue weighted by atomic mass is 9.88. The van der Waals surface area contributed by atoms with Gasteiger partial charge in [0.15, 0.2) is 0 Å². The van der Waals surface area contributed by atoms with E-state index in [0.717, 1.165) is 12.0 Å². The van der Waals surface area contributed by atoms with Crippen LogP contribution in [0.4, 0.5) is 17.8 Å². The van der Waals surface area contributed by atoms with Crippen LogP contribution in [0.2, 0.25) is 0 Å². The second-order valence-corrected chi connectivity index (χ2v) is 11.9. The lowest BCUT2D eigenvalue weighted by Gasteiger charge is -2.19. The van der Waals surface area contributed by atoms with E-state index in [0.29, 0.717) is 57.6 Å². The number of benzene rings is 4. The van der Waals surface area contributed by atoms with E-state index in [-0.39, 0.29) is 30.1 Å². The number of nitrogens with zero attached hydrogens (tertiary/aromatic N) is 3. The van der Waals surface area contributed by atoms with Crippen molar-refractivity contribution in [3.63, 3.8) is 0 Å². The summed E-state index contributed by atoms with van der Waals surface area (Å²) in [5, 5.41) is 22.3. The highest BCUT2D eigenvalue weighted by atomic mass is 16.5. The van der Waals surface area contributed by atoms with Crippen LogP contribution in [0, 0.1) is 0 Å². The summed E-state index contributed by atoms with van der Waals surface area (Å²) in [5.74, 6) is -0.267. The molecule has 0 aliphatic heterocycles. The highest BCUT2D eigenvalue weighted by Crippen LogP contribution is 2.28. The fourth-order valence-electron chi connectivity index (χ4n) is 5.51. The third kappa shape index (κ3) is 12.5. The molecule has 1 heterocycles. The largest absolute Gasteiger partial charge is 0.480 e. The lowest BCUT2D eigenvalue weighted by molar-refractivity contribution is -0.137. The number of aromatic nitrogens is 3. The van der Waals surface area contributed by atoms with Gasteiger partial charge in [-0.05, 0) is 35.2 Å². The summed E-state index contributed by atoms with van der Waals surface area (Å²) in [4.78, 5) is 37.9. The van der Waals surface area contributed by atoms with Gasteiger partial charge in [0.25, 0.3) is 5.91 Å². The van der Waals surface area contributed by atoms with E-state index in [1.165, 1.54) is 11.1 Å². The second kappa shape index (κ2) is 20.7. The van der Waals surface area contributed by atoms with Crippen molar-refractivity contribution in [1.82, 2.24) is 20.3 Å². The van der Waals surface area contributed by atoms with E-state index in [1.54, 1.807) is 12.1 Å². The van der Waals surface area contributed by atoms with Crippen LogP contribution in [0.3, 0.4) is 0 Å². The Balaban J connectivity index is 1.14. The number of anilines is 3. The van der Waals surface area contributed by atoms with Gasteiger partial charge in [-0.15, -0.1) is 0 Å². The minimum absolute atomic E-state index is 0.139. The first-order chi connectivity index (χ1) is 25.5. The summed E-state index contributed by atoms with van der Waals surface area (Å²) in [5.41, 5.74) is 3.90. The molecule has 270 valence electrons. The minimum Gasteiger partial charge on any atom is -0.480 e. The molecule has 0 saturated heterocycles. The predicted molar refractivity (Wildman–Crippen MR) is 202 cm³/mol. The Morgan fingerprint density at radius 3 is 1.67 bits per heavy atom. The maximum atomic E-state index is 12.2. The summed E-state index contributed by atoms with van der Waals surface area (Å²) >= 11 is 0. The number of ether oxygens (including phenoxy) is 2. The molecule has 5 aromatic rings. The highest BCUT2D eigenvalue weighted by molar-refractivity contribution is 5.94. The zero-order valence-electron chi connectivity index (χ0n) is 29.0. The Morgan fingerprint density at radius 2 is 1.10 bits per heavy atom. The third-order valence-corrected chi connectivity index (χ3v) is 8.11. The molecule has 4 aromatic carbocycles. The van der Waals surface area contributed by atoms with E-state index in [2.05, 4.69) is 60.5 Å². The van der Waals surface area contributed by atoms with Crippen LogP contribution in [-0.4, -0.2) is 84.0 Å². The van der Waals surface area contributed by atoms with E-state index in [1.807, 2.05) is 84.9 Å². The van der Waals surface area contributed by atoms with Crippen LogP contribution in [0.5, 0.6) is 0 Å². The van der Waals surface area contributed by atoms with Crippen molar-refractivity contribution in [2.24, 2.45) is 0 Å². The number of carboxylic acids is 1. The zero-order valence-corrected chi connectivity index (χ0v) is 29.0. The van der Waals surface area contributed by atoms with Crippen molar-refractivity contribution in [2.45, 2.75) is 24.8 Å². The van der Waals surface area contributed by atoms with Gasteiger partial charge in [-0.2, -0.15) is 15.0 Å². The van der Waals surface area contributed by atoms with Gasteiger partial charge < -0.3 is 35.8 Å². The minimum atomic E-state index is -1.02. The van der Waals surface area contributed by atoms with Gasteiger partial charge in [-0.25, -0.2) is 4.79 Å². The van der Waals surface area contributed by atoms with Crippen LogP contribution in [0.25, 0.3) is 0 Å². The smallest absolute Gasteiger partial charge is 0.326 e. The quantitative estimate of drug-likeness (QED) is 0.0581. The number of carbonyl (C=O) groups excluding carboxylic acids is 1. The SMILES string of the molecule is O=C(NCCOCCOCCNc1nc(NCCC(c2ccccc2)c2ccccc2)nc(N[C@@H](Cc2ccccc2)C(=O)O)n1)c1ccccc1. The maximum absolute atomic E-state index is 12.2. The van der Waals surface area contributed by atoms with E-state index in [9.17, 15) is 14.7 Å². The number of hydrogen-bond donors (Lipinski definition) is 5. The number of nitrogens with one attached hydrogen (secondary N) is 4. The van der Waals surface area contributed by atoms with Gasteiger partial charge in [0.1, 0.15) is 6.04 Å². The summed E-state index contributed by atoms with van der Waals surface area (Å²) in [7, 11) is 0. The molecule has 0 aliphatic carbocycles. The van der Waals surface area contributed by atoms with Crippen LogP contribution >= 0.6 is 0 Å². The first-order valence-electron chi connectivity index (χ1n) is 17.4. The average molecular weight is 704 g/mol. The van der Waals surface area contributed by atoms with Crippen LogP contribution < -0.4 is 21.3 Å². The van der Waals surface area contributed by atoms with Crippen LogP contribution in [0.15, 0.2) is 121 Å². The topological polar surface area (TPSA) is 160 Å². The molecule has 1 atom stereocenters. The van der Waals surface area contributed by atoms with Crippen molar-refractivity contribution in [2.75, 3.05) is 62.0 Å². The molecule has 12 heteroatoms. The standard InChI is InChI=1S/C40H45N7O5/c48-36(33-19-11-4-12-20-33)41-23-25-51-27-28-52-26-24-43-39-45-38(46-40(47-39)44-35(37(49)50)29-30-13-5-1-6-14-30)42-22-21-34(31-15-7-2-8-16-31)32-17-9-3-10-18-32/h1-20,34-35H,21-29H2,(H,41,48)(H,49,50)(H3,42,43,44,45,46,47)/t35-/m0/s1. The summed E-state index contributed by atoms with van der Waals surface area (Å²) in [6, 6.07) is 38.2. The monoisotopic (exact) mass is 703 g/mol. The summed E-state index contributed by atoms with van der Waals surface area (Å²) in [6.45, 7) is 2.82.